The number of hydrogen-bond donors (Lipinski definition) is 1. The third-order valence-electron chi connectivity index (χ3n) is 5.44. The number of carbonyl (C=O) groups excluding carboxylic acids is 1. The van der Waals surface area contributed by atoms with E-state index >= 15 is 0 Å². The number of halogens is 2. The third kappa shape index (κ3) is 5.99. The number of methoxy groups -OCH3 is 2. The lowest BCUT2D eigenvalue weighted by Gasteiger charge is -2.24. The molecule has 0 saturated carbocycles. The van der Waals surface area contributed by atoms with Gasteiger partial charge < -0.3 is 9.47 Å². The van der Waals surface area contributed by atoms with Crippen LogP contribution in [0.3, 0.4) is 0 Å². The van der Waals surface area contributed by atoms with Gasteiger partial charge in [0.25, 0.3) is 15.9 Å². The van der Waals surface area contributed by atoms with Crippen LogP contribution in [0.2, 0.25) is 10.2 Å². The lowest BCUT2D eigenvalue weighted by molar-refractivity contribution is -0.119. The summed E-state index contributed by atoms with van der Waals surface area (Å²) in [6.07, 6.45) is 1.33. The average molecular weight is 573 g/mol. The Morgan fingerprint density at radius 2 is 1.79 bits per heavy atom. The van der Waals surface area contributed by atoms with Gasteiger partial charge in [-0.15, -0.1) is 0 Å². The van der Waals surface area contributed by atoms with E-state index in [1.54, 1.807) is 43.5 Å². The number of ether oxygens (including phenoxy) is 2. The number of fused-ring (bicyclic) bond motifs is 1. The highest BCUT2D eigenvalue weighted by Gasteiger charge is 2.27. The fraction of sp³-hybridized carbons (Fsp3) is 0.115. The minimum atomic E-state index is -4.12. The smallest absolute Gasteiger partial charge is 0.264 e. The summed E-state index contributed by atoms with van der Waals surface area (Å²) in [5.41, 5.74) is 3.62. The molecule has 0 unspecified atom stereocenters. The maximum atomic E-state index is 13.4. The van der Waals surface area contributed by atoms with Crippen LogP contribution in [0, 0.1) is 0 Å². The van der Waals surface area contributed by atoms with Crippen LogP contribution >= 0.6 is 23.2 Å². The molecule has 0 saturated heterocycles. The molecule has 0 atom stereocenters. The molecule has 4 aromatic rings. The number of rotatable bonds is 9. The summed E-state index contributed by atoms with van der Waals surface area (Å²) in [7, 11) is -1.12. The zero-order valence-corrected chi connectivity index (χ0v) is 22.6. The van der Waals surface area contributed by atoms with Crippen LogP contribution in [0.4, 0.5) is 5.69 Å². The number of hydrogen-bond acceptors (Lipinski definition) is 7. The molecule has 1 heterocycles. The van der Waals surface area contributed by atoms with E-state index in [4.69, 9.17) is 32.7 Å². The first-order valence-corrected chi connectivity index (χ1v) is 13.3. The van der Waals surface area contributed by atoms with Gasteiger partial charge in [-0.25, -0.2) is 18.8 Å². The second kappa shape index (κ2) is 11.7. The number of aromatic nitrogens is 1. The summed E-state index contributed by atoms with van der Waals surface area (Å²) in [6, 6.07) is 19.3. The van der Waals surface area contributed by atoms with Crippen molar-refractivity contribution in [3.63, 3.8) is 0 Å². The number of sulfonamides is 1. The van der Waals surface area contributed by atoms with Crippen LogP contribution in [0.15, 0.2) is 82.8 Å². The SMILES string of the molecule is COc1ccc2cc(/C=N/NC(=O)CN(c3ccc(OC)c(Cl)c3)S(=O)(=O)c3ccccc3)c(Cl)nc2c1. The van der Waals surface area contributed by atoms with E-state index in [2.05, 4.69) is 15.5 Å². The number of nitrogens with zero attached hydrogens (tertiary/aromatic N) is 3. The number of carbonyl (C=O) groups is 1. The Kier molecular flexibility index (Phi) is 8.35. The number of amides is 1. The standard InChI is InChI=1S/C26H22Cl2N4O5S/c1-36-20-10-8-17-12-18(26(28)30-23(17)14-20)15-29-31-25(33)16-32(19-9-11-24(37-2)22(27)13-19)38(34,35)21-6-4-3-5-7-21/h3-15H,16H2,1-2H3,(H,31,33)/b29-15+. The van der Waals surface area contributed by atoms with Crippen LogP contribution < -0.4 is 19.2 Å². The van der Waals surface area contributed by atoms with Gasteiger partial charge in [0.2, 0.25) is 0 Å². The molecule has 3 aromatic carbocycles. The molecule has 38 heavy (non-hydrogen) atoms. The predicted octanol–water partition coefficient (Wildman–Crippen LogP) is 4.90. The lowest BCUT2D eigenvalue weighted by atomic mass is 10.1. The summed E-state index contributed by atoms with van der Waals surface area (Å²) >= 11 is 12.5. The molecule has 1 amide bonds. The fourth-order valence-electron chi connectivity index (χ4n) is 3.54. The Morgan fingerprint density at radius 1 is 1.03 bits per heavy atom. The molecular weight excluding hydrogens is 551 g/mol. The first kappa shape index (κ1) is 27.2. The van der Waals surface area contributed by atoms with Crippen molar-refractivity contribution in [3.8, 4) is 11.5 Å². The molecule has 0 radical (unpaired) electrons. The first-order valence-electron chi connectivity index (χ1n) is 11.1. The zero-order chi connectivity index (χ0) is 27.3. The van der Waals surface area contributed by atoms with Gasteiger partial charge in [0.15, 0.2) is 0 Å². The predicted molar refractivity (Wildman–Crippen MR) is 148 cm³/mol. The average Bonchev–Trinajstić information content (AvgIpc) is 2.92. The number of pyridine rings is 1. The molecule has 0 fully saturated rings. The topological polar surface area (TPSA) is 110 Å². The lowest BCUT2D eigenvalue weighted by Crippen LogP contribution is -2.39. The van der Waals surface area contributed by atoms with Gasteiger partial charge in [-0.3, -0.25) is 9.10 Å². The van der Waals surface area contributed by atoms with E-state index in [1.165, 1.54) is 43.7 Å². The van der Waals surface area contributed by atoms with Crippen molar-refractivity contribution < 1.29 is 22.7 Å². The molecule has 196 valence electrons. The highest BCUT2D eigenvalue weighted by Crippen LogP contribution is 2.32. The summed E-state index contributed by atoms with van der Waals surface area (Å²) < 4.78 is 38.2. The van der Waals surface area contributed by atoms with Crippen LogP contribution in [0.1, 0.15) is 5.56 Å². The maximum absolute atomic E-state index is 13.4. The summed E-state index contributed by atoms with van der Waals surface area (Å²) in [5.74, 6) is 0.311. The minimum Gasteiger partial charge on any atom is -0.497 e. The second-order valence-corrected chi connectivity index (χ2v) is 10.5. The van der Waals surface area contributed by atoms with Crippen molar-refractivity contribution in [2.24, 2.45) is 5.10 Å². The number of benzene rings is 3. The van der Waals surface area contributed by atoms with Gasteiger partial charge >= 0.3 is 0 Å². The molecular formula is C26H22Cl2N4O5S. The largest absolute Gasteiger partial charge is 0.497 e. The van der Waals surface area contributed by atoms with Crippen LogP contribution in [-0.2, 0) is 14.8 Å². The molecule has 9 nitrogen and oxygen atoms in total. The molecule has 12 heteroatoms. The quantitative estimate of drug-likeness (QED) is 0.173. The molecule has 0 aliphatic rings. The summed E-state index contributed by atoms with van der Waals surface area (Å²) in [6.45, 7) is -0.569. The number of hydrazone groups is 1. The third-order valence-corrected chi connectivity index (χ3v) is 7.83. The van der Waals surface area contributed by atoms with Crippen molar-refractivity contribution in [1.82, 2.24) is 10.4 Å². The summed E-state index contributed by atoms with van der Waals surface area (Å²) in [5, 5.41) is 5.10. The van der Waals surface area contributed by atoms with Crippen molar-refractivity contribution in [3.05, 3.63) is 88.5 Å². The second-order valence-electron chi connectivity index (χ2n) is 7.86. The highest BCUT2D eigenvalue weighted by molar-refractivity contribution is 7.92. The Labute approximate surface area is 229 Å². The molecule has 0 aliphatic carbocycles. The normalized spacial score (nSPS) is 11.5. The van der Waals surface area contributed by atoms with Crippen molar-refractivity contribution in [1.29, 1.82) is 0 Å². The Hall–Kier alpha value is -3.86. The van der Waals surface area contributed by atoms with Gasteiger partial charge in [0.05, 0.1) is 41.6 Å². The van der Waals surface area contributed by atoms with Crippen molar-refractivity contribution in [2.75, 3.05) is 25.1 Å². The Bertz CT molecular complexity index is 1620. The van der Waals surface area contributed by atoms with Gasteiger partial charge in [-0.1, -0.05) is 41.4 Å². The summed E-state index contributed by atoms with van der Waals surface area (Å²) in [4.78, 5) is 17.2. The molecule has 0 aliphatic heterocycles. The van der Waals surface area contributed by atoms with E-state index in [-0.39, 0.29) is 20.8 Å². The van der Waals surface area contributed by atoms with E-state index in [1.807, 2.05) is 6.07 Å². The van der Waals surface area contributed by atoms with E-state index in [0.29, 0.717) is 22.6 Å². The zero-order valence-electron chi connectivity index (χ0n) is 20.3. The van der Waals surface area contributed by atoms with Gasteiger partial charge in [0, 0.05) is 17.0 Å². The van der Waals surface area contributed by atoms with E-state index < -0.39 is 22.5 Å². The van der Waals surface area contributed by atoms with E-state index in [9.17, 15) is 13.2 Å². The fourth-order valence-corrected chi connectivity index (χ4v) is 5.42. The number of anilines is 1. The molecule has 0 spiro atoms. The first-order chi connectivity index (χ1) is 18.2. The molecule has 4 rings (SSSR count). The Morgan fingerprint density at radius 3 is 2.47 bits per heavy atom. The van der Waals surface area contributed by atoms with Crippen LogP contribution in [0.25, 0.3) is 10.9 Å². The highest BCUT2D eigenvalue weighted by atomic mass is 35.5. The van der Waals surface area contributed by atoms with Gasteiger partial charge in [0.1, 0.15) is 23.2 Å². The monoisotopic (exact) mass is 572 g/mol. The van der Waals surface area contributed by atoms with Gasteiger partial charge in [-0.05, 0) is 48.5 Å². The molecule has 1 N–H and O–H groups in total. The Balaban J connectivity index is 1.57. The van der Waals surface area contributed by atoms with Crippen molar-refractivity contribution >= 4 is 61.9 Å². The van der Waals surface area contributed by atoms with Crippen molar-refractivity contribution in [2.45, 2.75) is 4.90 Å². The molecule has 0 bridgehead atoms. The maximum Gasteiger partial charge on any atom is 0.264 e. The number of nitrogens with one attached hydrogen (secondary N) is 1. The van der Waals surface area contributed by atoms with Gasteiger partial charge in [-0.2, -0.15) is 5.10 Å². The van der Waals surface area contributed by atoms with E-state index in [0.717, 1.165) is 9.69 Å². The van der Waals surface area contributed by atoms with Crippen LogP contribution in [0.5, 0.6) is 11.5 Å². The minimum absolute atomic E-state index is 0.00823. The molecule has 1 aromatic heterocycles. The van der Waals surface area contributed by atoms with Crippen LogP contribution in [-0.4, -0.2) is 46.3 Å².